The van der Waals surface area contributed by atoms with Gasteiger partial charge in [0.25, 0.3) is 0 Å². The van der Waals surface area contributed by atoms with Crippen LogP contribution in [0, 0.1) is 19.8 Å². The zero-order valence-electron chi connectivity index (χ0n) is 9.84. The molecule has 3 nitrogen and oxygen atoms in total. The molecule has 0 amide bonds. The van der Waals surface area contributed by atoms with Crippen molar-refractivity contribution in [2.75, 3.05) is 7.11 Å². The Balaban J connectivity index is 3.14. The van der Waals surface area contributed by atoms with Crippen LogP contribution in [0.3, 0.4) is 0 Å². The molecule has 1 rings (SSSR count). The van der Waals surface area contributed by atoms with Crippen molar-refractivity contribution in [1.29, 1.82) is 0 Å². The SMILES string of the molecule is COC(c1nc(C)c(C)c(Cl)n1)C(C)C. The largest absolute Gasteiger partial charge is 0.373 e. The van der Waals surface area contributed by atoms with Crippen molar-refractivity contribution in [3.63, 3.8) is 0 Å². The Morgan fingerprint density at radius 2 is 1.80 bits per heavy atom. The Morgan fingerprint density at radius 3 is 2.20 bits per heavy atom. The maximum absolute atomic E-state index is 6.02. The standard InChI is InChI=1S/C11H17ClN2O/c1-6(2)9(15-5)11-13-8(4)7(3)10(12)14-11/h6,9H,1-5H3. The van der Waals surface area contributed by atoms with Crippen LogP contribution in [0.1, 0.15) is 37.0 Å². The van der Waals surface area contributed by atoms with Gasteiger partial charge in [-0.25, -0.2) is 9.97 Å². The van der Waals surface area contributed by atoms with E-state index in [1.807, 2.05) is 13.8 Å². The minimum Gasteiger partial charge on any atom is -0.373 e. The summed E-state index contributed by atoms with van der Waals surface area (Å²) in [6, 6.07) is 0. The van der Waals surface area contributed by atoms with E-state index in [0.717, 1.165) is 11.3 Å². The average Bonchev–Trinajstić information content (AvgIpc) is 2.14. The quantitative estimate of drug-likeness (QED) is 0.746. The second kappa shape index (κ2) is 4.90. The van der Waals surface area contributed by atoms with Gasteiger partial charge < -0.3 is 4.74 Å². The highest BCUT2D eigenvalue weighted by Gasteiger charge is 2.19. The van der Waals surface area contributed by atoms with Crippen LogP contribution in [0.25, 0.3) is 0 Å². The van der Waals surface area contributed by atoms with E-state index in [2.05, 4.69) is 23.8 Å². The number of rotatable bonds is 3. The van der Waals surface area contributed by atoms with Gasteiger partial charge in [-0.3, -0.25) is 0 Å². The monoisotopic (exact) mass is 228 g/mol. The van der Waals surface area contributed by atoms with E-state index in [1.54, 1.807) is 7.11 Å². The molecule has 1 aromatic heterocycles. The number of ether oxygens (including phenoxy) is 1. The second-order valence-corrected chi connectivity index (χ2v) is 4.34. The van der Waals surface area contributed by atoms with E-state index in [1.165, 1.54) is 0 Å². The van der Waals surface area contributed by atoms with E-state index in [9.17, 15) is 0 Å². The molecule has 1 unspecified atom stereocenters. The van der Waals surface area contributed by atoms with Crippen molar-refractivity contribution in [3.8, 4) is 0 Å². The summed E-state index contributed by atoms with van der Waals surface area (Å²) in [4.78, 5) is 8.66. The first kappa shape index (κ1) is 12.4. The molecular formula is C11H17ClN2O. The van der Waals surface area contributed by atoms with Gasteiger partial charge in [0, 0.05) is 18.4 Å². The van der Waals surface area contributed by atoms with Crippen molar-refractivity contribution in [1.82, 2.24) is 9.97 Å². The van der Waals surface area contributed by atoms with Crippen LogP contribution < -0.4 is 0 Å². The molecule has 84 valence electrons. The highest BCUT2D eigenvalue weighted by Crippen LogP contribution is 2.25. The van der Waals surface area contributed by atoms with Gasteiger partial charge in [-0.2, -0.15) is 0 Å². The highest BCUT2D eigenvalue weighted by atomic mass is 35.5. The molecule has 0 spiro atoms. The van der Waals surface area contributed by atoms with Crippen molar-refractivity contribution in [2.45, 2.75) is 33.8 Å². The summed E-state index contributed by atoms with van der Waals surface area (Å²) in [5, 5.41) is 0.514. The molecule has 0 radical (unpaired) electrons. The van der Waals surface area contributed by atoms with Crippen LogP contribution in [-0.2, 0) is 4.74 Å². The Kier molecular flexibility index (Phi) is 4.05. The summed E-state index contributed by atoms with van der Waals surface area (Å²) in [6.07, 6.45) is -0.0956. The molecule has 0 saturated heterocycles. The van der Waals surface area contributed by atoms with Gasteiger partial charge in [0.15, 0.2) is 5.82 Å². The molecule has 1 atom stereocenters. The first-order chi connectivity index (χ1) is 6.97. The minimum atomic E-state index is -0.0956. The van der Waals surface area contributed by atoms with Crippen LogP contribution in [0.5, 0.6) is 0 Å². The Bertz CT molecular complexity index is 329. The molecule has 4 heteroatoms. The molecular weight excluding hydrogens is 212 g/mol. The highest BCUT2D eigenvalue weighted by molar-refractivity contribution is 6.30. The molecule has 0 aromatic carbocycles. The van der Waals surface area contributed by atoms with Crippen LogP contribution in [0.2, 0.25) is 5.15 Å². The molecule has 0 saturated carbocycles. The number of methoxy groups -OCH3 is 1. The topological polar surface area (TPSA) is 35.0 Å². The number of nitrogens with zero attached hydrogens (tertiary/aromatic N) is 2. The molecule has 15 heavy (non-hydrogen) atoms. The van der Waals surface area contributed by atoms with Gasteiger partial charge >= 0.3 is 0 Å². The Morgan fingerprint density at radius 1 is 1.20 bits per heavy atom. The predicted molar refractivity (Wildman–Crippen MR) is 61.1 cm³/mol. The molecule has 0 aliphatic carbocycles. The number of aryl methyl sites for hydroxylation is 1. The van der Waals surface area contributed by atoms with Crippen molar-refractivity contribution in [3.05, 3.63) is 22.2 Å². The van der Waals surface area contributed by atoms with Crippen molar-refractivity contribution in [2.24, 2.45) is 5.92 Å². The number of hydrogen-bond donors (Lipinski definition) is 0. The average molecular weight is 229 g/mol. The lowest BCUT2D eigenvalue weighted by molar-refractivity contribution is 0.0573. The summed E-state index contributed by atoms with van der Waals surface area (Å²) in [6.45, 7) is 7.99. The maximum atomic E-state index is 6.02. The lowest BCUT2D eigenvalue weighted by atomic mass is 10.1. The lowest BCUT2D eigenvalue weighted by Crippen LogP contribution is -2.14. The minimum absolute atomic E-state index is 0.0956. The lowest BCUT2D eigenvalue weighted by Gasteiger charge is -2.18. The van der Waals surface area contributed by atoms with Crippen molar-refractivity contribution >= 4 is 11.6 Å². The fraction of sp³-hybridized carbons (Fsp3) is 0.636. The van der Waals surface area contributed by atoms with Gasteiger partial charge in [-0.05, 0) is 19.8 Å². The van der Waals surface area contributed by atoms with Gasteiger partial charge in [0.1, 0.15) is 11.3 Å². The summed E-state index contributed by atoms with van der Waals surface area (Å²) in [7, 11) is 1.66. The van der Waals surface area contributed by atoms with E-state index in [0.29, 0.717) is 16.9 Å². The Labute approximate surface area is 95.8 Å². The summed E-state index contributed by atoms with van der Waals surface area (Å²) >= 11 is 6.02. The Hall–Kier alpha value is -0.670. The van der Waals surface area contributed by atoms with Gasteiger partial charge in [-0.1, -0.05) is 25.4 Å². The van der Waals surface area contributed by atoms with Gasteiger partial charge in [0.05, 0.1) is 0 Å². The van der Waals surface area contributed by atoms with Crippen molar-refractivity contribution < 1.29 is 4.74 Å². The normalized spacial score (nSPS) is 13.3. The first-order valence-electron chi connectivity index (χ1n) is 5.00. The smallest absolute Gasteiger partial charge is 0.159 e. The molecule has 0 bridgehead atoms. The first-order valence-corrected chi connectivity index (χ1v) is 5.38. The number of aromatic nitrogens is 2. The predicted octanol–water partition coefficient (Wildman–Crippen LogP) is 3.09. The number of hydrogen-bond acceptors (Lipinski definition) is 3. The van der Waals surface area contributed by atoms with Crippen LogP contribution in [-0.4, -0.2) is 17.1 Å². The zero-order valence-corrected chi connectivity index (χ0v) is 10.6. The van der Waals surface area contributed by atoms with Crippen LogP contribution >= 0.6 is 11.6 Å². The van der Waals surface area contributed by atoms with Crippen LogP contribution in [0.4, 0.5) is 0 Å². The molecule has 0 aliphatic heterocycles. The van der Waals surface area contributed by atoms with Gasteiger partial charge in [0.2, 0.25) is 0 Å². The number of halogens is 1. The summed E-state index contributed by atoms with van der Waals surface area (Å²) in [5.41, 5.74) is 1.84. The van der Waals surface area contributed by atoms with Crippen LogP contribution in [0.15, 0.2) is 0 Å². The summed E-state index contributed by atoms with van der Waals surface area (Å²) in [5.74, 6) is 0.994. The zero-order chi connectivity index (χ0) is 11.6. The molecule has 1 aromatic rings. The molecule has 0 N–H and O–H groups in total. The third-order valence-corrected chi connectivity index (χ3v) is 2.83. The van der Waals surface area contributed by atoms with E-state index < -0.39 is 0 Å². The summed E-state index contributed by atoms with van der Waals surface area (Å²) < 4.78 is 5.36. The molecule has 1 heterocycles. The molecule has 0 fully saturated rings. The van der Waals surface area contributed by atoms with E-state index >= 15 is 0 Å². The maximum Gasteiger partial charge on any atom is 0.159 e. The third-order valence-electron chi connectivity index (χ3n) is 2.46. The van der Waals surface area contributed by atoms with Gasteiger partial charge in [-0.15, -0.1) is 0 Å². The second-order valence-electron chi connectivity index (χ2n) is 3.98. The third kappa shape index (κ3) is 2.67. The van der Waals surface area contributed by atoms with E-state index in [4.69, 9.17) is 16.3 Å². The van der Waals surface area contributed by atoms with E-state index in [-0.39, 0.29) is 6.10 Å². The fourth-order valence-corrected chi connectivity index (χ4v) is 1.64. The fourth-order valence-electron chi connectivity index (χ4n) is 1.42. The molecule has 0 aliphatic rings.